The van der Waals surface area contributed by atoms with Crippen LogP contribution >= 0.6 is 0 Å². The highest BCUT2D eigenvalue weighted by Crippen LogP contribution is 2.44. The fourth-order valence-electron chi connectivity index (χ4n) is 7.99. The summed E-state index contributed by atoms with van der Waals surface area (Å²) in [6, 6.07) is 36.1. The first-order valence-corrected chi connectivity index (χ1v) is 20.5. The van der Waals surface area contributed by atoms with Gasteiger partial charge < -0.3 is 56.8 Å². The lowest BCUT2D eigenvalue weighted by Crippen LogP contribution is -2.63. The highest BCUT2D eigenvalue weighted by Gasteiger charge is 2.61. The SMILES string of the molecule is COc1ccc(C(=O)O[C@@H]2[C@H](OCc3ccccc3)[C@@H](OCc3ccccc3)[C@H](OC[C@H]3O[C@@H]4OC(C)(C)O[C@@H]4[C@H]4OC(C)(C)O[C@H]43)O[C@@H]2COCc2ccccc2)cc1. The van der Waals surface area contributed by atoms with E-state index < -0.39 is 79.0 Å². The lowest BCUT2D eigenvalue weighted by Gasteiger charge is -2.46. The van der Waals surface area contributed by atoms with Gasteiger partial charge in [0.15, 0.2) is 30.3 Å². The molecule has 0 saturated carbocycles. The Labute approximate surface area is 350 Å². The van der Waals surface area contributed by atoms with Crippen LogP contribution in [0.4, 0.5) is 0 Å². The van der Waals surface area contributed by atoms with Gasteiger partial charge in [0.05, 0.1) is 45.7 Å². The van der Waals surface area contributed by atoms with E-state index in [4.69, 9.17) is 56.8 Å². The molecule has 4 aliphatic rings. The van der Waals surface area contributed by atoms with E-state index in [2.05, 4.69) is 0 Å². The second kappa shape index (κ2) is 18.8. The van der Waals surface area contributed by atoms with Gasteiger partial charge in [-0.3, -0.25) is 0 Å². The quantitative estimate of drug-likeness (QED) is 0.111. The molecule has 4 fully saturated rings. The molecule has 0 aliphatic carbocycles. The van der Waals surface area contributed by atoms with Gasteiger partial charge in [0, 0.05) is 0 Å². The van der Waals surface area contributed by atoms with Crippen molar-refractivity contribution in [1.82, 2.24) is 0 Å². The van der Waals surface area contributed by atoms with Gasteiger partial charge in [-0.1, -0.05) is 91.0 Å². The van der Waals surface area contributed by atoms with Crippen LogP contribution in [0.2, 0.25) is 0 Å². The zero-order valence-corrected chi connectivity index (χ0v) is 34.6. The smallest absolute Gasteiger partial charge is 0.338 e. The fourth-order valence-corrected chi connectivity index (χ4v) is 7.99. The first kappa shape index (κ1) is 42.4. The van der Waals surface area contributed by atoms with Gasteiger partial charge in [-0.15, -0.1) is 0 Å². The van der Waals surface area contributed by atoms with Crippen LogP contribution in [0.25, 0.3) is 0 Å². The molecule has 0 radical (unpaired) electrons. The summed E-state index contributed by atoms with van der Waals surface area (Å²) in [5.41, 5.74) is 3.13. The first-order valence-electron chi connectivity index (χ1n) is 20.5. The van der Waals surface area contributed by atoms with Crippen molar-refractivity contribution in [2.75, 3.05) is 20.3 Å². The molecule has 8 rings (SSSR count). The van der Waals surface area contributed by atoms with Crippen LogP contribution in [0.15, 0.2) is 115 Å². The van der Waals surface area contributed by atoms with Gasteiger partial charge in [0.1, 0.15) is 48.5 Å². The summed E-state index contributed by atoms with van der Waals surface area (Å²) < 4.78 is 76.8. The number of carbonyl (C=O) groups is 1. The molecule has 4 heterocycles. The number of esters is 1. The highest BCUT2D eigenvalue weighted by atomic mass is 16.9. The Hall–Kier alpha value is -4.25. The van der Waals surface area contributed by atoms with Crippen molar-refractivity contribution >= 4 is 5.97 Å². The number of rotatable bonds is 16. The van der Waals surface area contributed by atoms with E-state index in [0.29, 0.717) is 17.9 Å². The normalized spacial score (nSPS) is 30.3. The molecule has 13 heteroatoms. The predicted octanol–water partition coefficient (Wildman–Crippen LogP) is 6.75. The minimum atomic E-state index is -1.05. The maximum absolute atomic E-state index is 14.0. The summed E-state index contributed by atoms with van der Waals surface area (Å²) in [6.45, 7) is 8.11. The number of ether oxygens (including phenoxy) is 12. The molecule has 0 aromatic heterocycles. The highest BCUT2D eigenvalue weighted by molar-refractivity contribution is 5.89. The molecule has 0 amide bonds. The van der Waals surface area contributed by atoms with E-state index in [1.54, 1.807) is 31.4 Å². The molecule has 4 aromatic carbocycles. The summed E-state index contributed by atoms with van der Waals surface area (Å²) in [7, 11) is 1.57. The van der Waals surface area contributed by atoms with E-state index >= 15 is 0 Å². The van der Waals surface area contributed by atoms with Gasteiger partial charge in [0.2, 0.25) is 0 Å². The largest absolute Gasteiger partial charge is 0.497 e. The molecular weight excluding hydrogens is 773 g/mol. The Balaban J connectivity index is 1.11. The van der Waals surface area contributed by atoms with Crippen molar-refractivity contribution in [3.63, 3.8) is 0 Å². The molecule has 0 bridgehead atoms. The van der Waals surface area contributed by atoms with Crippen LogP contribution < -0.4 is 4.74 Å². The summed E-state index contributed by atoms with van der Waals surface area (Å²) in [5, 5.41) is 0. The second-order valence-corrected chi connectivity index (χ2v) is 16.2. The standard InChI is InChI=1S/C47H54O13/c1-46(2)57-38-36(55-45-42(40(38)58-46)59-47(3,4)60-45)29-53-44-41(52-27-32-19-13-8-14-20-32)39(51-26-31-17-11-7-12-18-31)37(56-43(48)33-21-23-34(49-5)24-22-33)35(54-44)28-50-25-30-15-9-6-10-16-30/h6-24,35-42,44-45H,25-29H2,1-5H3/t35-,36-,37+,38+,39+,40+,41-,42-,44-,45-/m1/s1. The van der Waals surface area contributed by atoms with E-state index in [-0.39, 0.29) is 26.4 Å². The van der Waals surface area contributed by atoms with Crippen LogP contribution in [0.1, 0.15) is 54.7 Å². The Bertz CT molecular complexity index is 1960. The molecule has 0 N–H and O–H groups in total. The first-order chi connectivity index (χ1) is 29.0. The molecule has 13 nitrogen and oxygen atoms in total. The average Bonchev–Trinajstić information content (AvgIpc) is 3.76. The minimum Gasteiger partial charge on any atom is -0.497 e. The summed E-state index contributed by atoms with van der Waals surface area (Å²) in [4.78, 5) is 14.0. The van der Waals surface area contributed by atoms with Crippen molar-refractivity contribution in [3.8, 4) is 5.75 Å². The predicted molar refractivity (Wildman–Crippen MR) is 215 cm³/mol. The molecule has 60 heavy (non-hydrogen) atoms. The number of hydrogen-bond donors (Lipinski definition) is 0. The fraction of sp³-hybridized carbons (Fsp3) is 0.468. The number of hydrogen-bond acceptors (Lipinski definition) is 13. The van der Waals surface area contributed by atoms with E-state index in [0.717, 1.165) is 16.7 Å². The third kappa shape index (κ3) is 10.3. The summed E-state index contributed by atoms with van der Waals surface area (Å²) in [6.07, 6.45) is -7.61. The van der Waals surface area contributed by atoms with Crippen LogP contribution in [-0.2, 0) is 71.9 Å². The Morgan fingerprint density at radius 2 is 1.10 bits per heavy atom. The van der Waals surface area contributed by atoms with Crippen molar-refractivity contribution in [2.45, 2.75) is 121 Å². The lowest BCUT2D eigenvalue weighted by atomic mass is 9.97. The maximum atomic E-state index is 14.0. The van der Waals surface area contributed by atoms with Crippen LogP contribution in [0.5, 0.6) is 5.75 Å². The van der Waals surface area contributed by atoms with Gasteiger partial charge in [-0.05, 0) is 68.7 Å². The van der Waals surface area contributed by atoms with Crippen molar-refractivity contribution in [2.24, 2.45) is 0 Å². The second-order valence-electron chi connectivity index (χ2n) is 16.2. The van der Waals surface area contributed by atoms with Crippen molar-refractivity contribution < 1.29 is 61.6 Å². The van der Waals surface area contributed by atoms with Gasteiger partial charge in [-0.2, -0.15) is 0 Å². The lowest BCUT2D eigenvalue weighted by molar-refractivity contribution is -0.330. The molecule has 4 aliphatic heterocycles. The zero-order chi connectivity index (χ0) is 41.7. The van der Waals surface area contributed by atoms with E-state index in [9.17, 15) is 4.79 Å². The summed E-state index contributed by atoms with van der Waals surface area (Å²) in [5.74, 6) is -1.75. The van der Waals surface area contributed by atoms with Crippen molar-refractivity contribution in [3.05, 3.63) is 138 Å². The van der Waals surface area contributed by atoms with Gasteiger partial charge in [-0.25, -0.2) is 4.79 Å². The maximum Gasteiger partial charge on any atom is 0.338 e. The number of methoxy groups -OCH3 is 1. The van der Waals surface area contributed by atoms with Crippen LogP contribution in [-0.4, -0.2) is 99.3 Å². The Morgan fingerprint density at radius 3 is 1.72 bits per heavy atom. The molecule has 10 atom stereocenters. The molecule has 0 unspecified atom stereocenters. The minimum absolute atomic E-state index is 0.00276. The third-order valence-electron chi connectivity index (χ3n) is 10.8. The topological polar surface area (TPSA) is 128 Å². The van der Waals surface area contributed by atoms with Gasteiger partial charge in [0.25, 0.3) is 0 Å². The summed E-state index contributed by atoms with van der Waals surface area (Å²) >= 11 is 0. The van der Waals surface area contributed by atoms with Crippen molar-refractivity contribution in [1.29, 1.82) is 0 Å². The van der Waals surface area contributed by atoms with E-state index in [1.165, 1.54) is 0 Å². The molecule has 320 valence electrons. The Kier molecular flexibility index (Phi) is 13.3. The number of fused-ring (bicyclic) bond motifs is 3. The van der Waals surface area contributed by atoms with Gasteiger partial charge >= 0.3 is 5.97 Å². The monoisotopic (exact) mass is 826 g/mol. The molecule has 4 aromatic rings. The molecule has 0 spiro atoms. The van der Waals surface area contributed by atoms with E-state index in [1.807, 2.05) is 119 Å². The third-order valence-corrected chi connectivity index (χ3v) is 10.8. The zero-order valence-electron chi connectivity index (χ0n) is 34.6. The van der Waals surface area contributed by atoms with Crippen LogP contribution in [0.3, 0.4) is 0 Å². The van der Waals surface area contributed by atoms with Crippen LogP contribution in [0, 0.1) is 0 Å². The molecular formula is C47H54O13. The molecule has 4 saturated heterocycles. The number of carbonyl (C=O) groups excluding carboxylic acids is 1. The Morgan fingerprint density at radius 1 is 0.550 bits per heavy atom. The average molecular weight is 827 g/mol. The number of benzene rings is 4.